The van der Waals surface area contributed by atoms with Gasteiger partial charge in [-0.15, -0.1) is 0 Å². The van der Waals surface area contributed by atoms with E-state index in [4.69, 9.17) is 5.73 Å². The molecule has 5 heteroatoms. The van der Waals surface area contributed by atoms with Gasteiger partial charge in [-0.1, -0.05) is 24.3 Å². The van der Waals surface area contributed by atoms with Crippen LogP contribution in [-0.4, -0.2) is 15.5 Å². The first-order valence-electron chi connectivity index (χ1n) is 4.26. The van der Waals surface area contributed by atoms with Crippen LogP contribution in [0.5, 0.6) is 0 Å². The van der Waals surface area contributed by atoms with Crippen molar-refractivity contribution in [2.24, 2.45) is 5.73 Å². The average molecular weight is 214 g/mol. The van der Waals surface area contributed by atoms with Crippen molar-refractivity contribution in [1.29, 1.82) is 0 Å². The molecule has 0 bridgehead atoms. The third-order valence-electron chi connectivity index (χ3n) is 1.89. The van der Waals surface area contributed by atoms with E-state index in [1.807, 2.05) is 12.1 Å². The maximum absolute atomic E-state index is 11.2. The lowest BCUT2D eigenvalue weighted by molar-refractivity contribution is 0.587. The molecule has 1 rings (SSSR count). The predicted molar refractivity (Wildman–Crippen MR) is 56.0 cm³/mol. The van der Waals surface area contributed by atoms with Gasteiger partial charge in [-0.25, -0.2) is 13.1 Å². The lowest BCUT2D eigenvalue weighted by Crippen LogP contribution is -2.20. The molecule has 0 aromatic heterocycles. The number of sulfonamides is 1. The minimum Gasteiger partial charge on any atom is -0.326 e. The third-order valence-corrected chi connectivity index (χ3v) is 3.23. The molecule has 1 aromatic carbocycles. The first kappa shape index (κ1) is 11.2. The van der Waals surface area contributed by atoms with E-state index >= 15 is 0 Å². The van der Waals surface area contributed by atoms with E-state index in [-0.39, 0.29) is 5.75 Å². The van der Waals surface area contributed by atoms with Crippen molar-refractivity contribution in [3.05, 3.63) is 35.4 Å². The highest BCUT2D eigenvalue weighted by atomic mass is 32.2. The van der Waals surface area contributed by atoms with Crippen LogP contribution >= 0.6 is 0 Å². The van der Waals surface area contributed by atoms with Gasteiger partial charge in [0, 0.05) is 6.54 Å². The second-order valence-corrected chi connectivity index (χ2v) is 4.91. The quantitative estimate of drug-likeness (QED) is 0.751. The van der Waals surface area contributed by atoms with Crippen molar-refractivity contribution in [2.45, 2.75) is 12.3 Å². The Hall–Kier alpha value is -0.910. The van der Waals surface area contributed by atoms with Gasteiger partial charge in [-0.05, 0) is 18.2 Å². The van der Waals surface area contributed by atoms with Crippen molar-refractivity contribution in [1.82, 2.24) is 4.72 Å². The Balaban J connectivity index is 2.87. The van der Waals surface area contributed by atoms with Gasteiger partial charge in [-0.2, -0.15) is 0 Å². The molecular weight excluding hydrogens is 200 g/mol. The first-order chi connectivity index (χ1) is 6.57. The van der Waals surface area contributed by atoms with Crippen LogP contribution in [0.1, 0.15) is 11.1 Å². The second kappa shape index (κ2) is 4.54. The fourth-order valence-electron chi connectivity index (χ4n) is 1.14. The minimum absolute atomic E-state index is 0.00264. The van der Waals surface area contributed by atoms with Gasteiger partial charge in [0.2, 0.25) is 10.0 Å². The van der Waals surface area contributed by atoms with Crippen LogP contribution in [0.25, 0.3) is 0 Å². The molecule has 4 nitrogen and oxygen atoms in total. The van der Waals surface area contributed by atoms with E-state index in [2.05, 4.69) is 4.72 Å². The van der Waals surface area contributed by atoms with Crippen LogP contribution in [0.4, 0.5) is 0 Å². The van der Waals surface area contributed by atoms with Crippen molar-refractivity contribution in [2.75, 3.05) is 7.05 Å². The van der Waals surface area contributed by atoms with Gasteiger partial charge in [0.1, 0.15) is 0 Å². The molecule has 0 unspecified atom stereocenters. The van der Waals surface area contributed by atoms with Crippen molar-refractivity contribution < 1.29 is 8.42 Å². The summed E-state index contributed by atoms with van der Waals surface area (Å²) in [4.78, 5) is 0. The second-order valence-electron chi connectivity index (χ2n) is 2.99. The molecule has 0 saturated carbocycles. The largest absolute Gasteiger partial charge is 0.326 e. The van der Waals surface area contributed by atoms with Crippen LogP contribution in [0.3, 0.4) is 0 Å². The van der Waals surface area contributed by atoms with Gasteiger partial charge in [0.25, 0.3) is 0 Å². The topological polar surface area (TPSA) is 72.2 Å². The molecule has 0 radical (unpaired) electrons. The maximum atomic E-state index is 11.2. The summed E-state index contributed by atoms with van der Waals surface area (Å²) in [6.45, 7) is 0.424. The normalized spacial score (nSPS) is 11.6. The Bertz CT molecular complexity index is 401. The van der Waals surface area contributed by atoms with Crippen LogP contribution < -0.4 is 10.5 Å². The Morgan fingerprint density at radius 2 is 2.00 bits per heavy atom. The highest BCUT2D eigenvalue weighted by Crippen LogP contribution is 2.07. The fraction of sp³-hybridized carbons (Fsp3) is 0.333. The summed E-state index contributed by atoms with van der Waals surface area (Å²) in [6.07, 6.45) is 0. The molecule has 14 heavy (non-hydrogen) atoms. The first-order valence-corrected chi connectivity index (χ1v) is 5.92. The highest BCUT2D eigenvalue weighted by Gasteiger charge is 2.08. The summed E-state index contributed by atoms with van der Waals surface area (Å²) in [6, 6.07) is 7.25. The van der Waals surface area contributed by atoms with Crippen molar-refractivity contribution in [3.63, 3.8) is 0 Å². The van der Waals surface area contributed by atoms with Crippen molar-refractivity contribution in [3.8, 4) is 0 Å². The molecular formula is C9H14N2O2S. The Labute approximate surface area is 84.2 Å². The molecule has 0 spiro atoms. The number of benzene rings is 1. The lowest BCUT2D eigenvalue weighted by atomic mass is 10.1. The van der Waals surface area contributed by atoms with Gasteiger partial charge < -0.3 is 5.73 Å². The summed E-state index contributed by atoms with van der Waals surface area (Å²) in [7, 11) is -1.78. The van der Waals surface area contributed by atoms with Crippen LogP contribution in [-0.2, 0) is 22.3 Å². The molecule has 0 aliphatic rings. The molecule has 0 aliphatic heterocycles. The van der Waals surface area contributed by atoms with E-state index < -0.39 is 10.0 Å². The van der Waals surface area contributed by atoms with Gasteiger partial charge in [-0.3, -0.25) is 0 Å². The fourth-order valence-corrected chi connectivity index (χ4v) is 1.90. The van der Waals surface area contributed by atoms with E-state index in [9.17, 15) is 8.42 Å². The number of nitrogens with two attached hydrogens (primary N) is 1. The highest BCUT2D eigenvalue weighted by molar-refractivity contribution is 7.88. The molecule has 1 aromatic rings. The average Bonchev–Trinajstić information content (AvgIpc) is 2.17. The number of hydrogen-bond acceptors (Lipinski definition) is 3. The monoisotopic (exact) mass is 214 g/mol. The molecule has 0 aliphatic carbocycles. The summed E-state index contributed by atoms with van der Waals surface area (Å²) in [5.41, 5.74) is 7.14. The molecule has 3 N–H and O–H groups in total. The smallest absolute Gasteiger partial charge is 0.215 e. The standard InChI is InChI=1S/C9H14N2O2S/c1-11-14(12,13)7-9-4-2-3-8(5-9)6-10/h2-5,11H,6-7,10H2,1H3. The van der Waals surface area contributed by atoms with E-state index in [0.29, 0.717) is 6.54 Å². The van der Waals surface area contributed by atoms with Gasteiger partial charge in [0.05, 0.1) is 5.75 Å². The van der Waals surface area contributed by atoms with E-state index in [1.165, 1.54) is 7.05 Å². The zero-order valence-corrected chi connectivity index (χ0v) is 8.84. The summed E-state index contributed by atoms with van der Waals surface area (Å²) in [5.74, 6) is -0.00264. The summed E-state index contributed by atoms with van der Waals surface area (Å²) in [5, 5.41) is 0. The predicted octanol–water partition coefficient (Wildman–Crippen LogP) is 0.194. The molecule has 0 atom stereocenters. The third kappa shape index (κ3) is 3.10. The molecule has 0 saturated heterocycles. The van der Waals surface area contributed by atoms with Crippen LogP contribution in [0.15, 0.2) is 24.3 Å². The summed E-state index contributed by atoms with van der Waals surface area (Å²) < 4.78 is 24.7. The van der Waals surface area contributed by atoms with Crippen LogP contribution in [0, 0.1) is 0 Å². The van der Waals surface area contributed by atoms with Gasteiger partial charge in [0.15, 0.2) is 0 Å². The Morgan fingerprint density at radius 3 is 2.57 bits per heavy atom. The number of rotatable bonds is 4. The molecule has 0 fully saturated rings. The SMILES string of the molecule is CNS(=O)(=O)Cc1cccc(CN)c1. The molecule has 0 heterocycles. The van der Waals surface area contributed by atoms with E-state index in [0.717, 1.165) is 11.1 Å². The molecule has 0 amide bonds. The zero-order chi connectivity index (χ0) is 10.6. The minimum atomic E-state index is -3.19. The Morgan fingerprint density at radius 1 is 1.36 bits per heavy atom. The van der Waals surface area contributed by atoms with E-state index in [1.54, 1.807) is 12.1 Å². The number of nitrogens with one attached hydrogen (secondary N) is 1. The maximum Gasteiger partial charge on any atom is 0.215 e. The summed E-state index contributed by atoms with van der Waals surface area (Å²) >= 11 is 0. The lowest BCUT2D eigenvalue weighted by Gasteiger charge is -2.04. The van der Waals surface area contributed by atoms with Crippen molar-refractivity contribution >= 4 is 10.0 Å². The number of hydrogen-bond donors (Lipinski definition) is 2. The zero-order valence-electron chi connectivity index (χ0n) is 8.03. The van der Waals surface area contributed by atoms with Crippen LogP contribution in [0.2, 0.25) is 0 Å². The van der Waals surface area contributed by atoms with Gasteiger partial charge >= 0.3 is 0 Å². The molecule has 78 valence electrons. The Kier molecular flexibility index (Phi) is 3.62.